The van der Waals surface area contributed by atoms with Crippen molar-refractivity contribution in [1.29, 1.82) is 0 Å². The van der Waals surface area contributed by atoms with Crippen molar-refractivity contribution in [3.8, 4) is 5.75 Å². The van der Waals surface area contributed by atoms with E-state index in [9.17, 15) is 9.90 Å². The Morgan fingerprint density at radius 2 is 1.76 bits per heavy atom. The Hall–Kier alpha value is -2.08. The molecule has 3 unspecified atom stereocenters. The third-order valence-corrected chi connectivity index (χ3v) is 4.10. The van der Waals surface area contributed by atoms with Gasteiger partial charge in [-0.05, 0) is 11.6 Å². The van der Waals surface area contributed by atoms with Gasteiger partial charge in [0.2, 0.25) is 5.91 Å². The summed E-state index contributed by atoms with van der Waals surface area (Å²) in [5.41, 5.74) is 7.71. The largest absolute Gasteiger partial charge is 0.496 e. The van der Waals surface area contributed by atoms with E-state index in [1.807, 2.05) is 42.5 Å². The van der Waals surface area contributed by atoms with Gasteiger partial charge in [0, 0.05) is 18.2 Å². The summed E-state index contributed by atoms with van der Waals surface area (Å²) in [4.78, 5) is 12.3. The average Bonchev–Trinajstić information content (AvgIpc) is 2.65. The Labute approximate surface area is 154 Å². The van der Waals surface area contributed by atoms with Gasteiger partial charge < -0.3 is 20.9 Å². The maximum absolute atomic E-state index is 12.3. The van der Waals surface area contributed by atoms with E-state index in [0.717, 1.165) is 5.56 Å². The lowest BCUT2D eigenvalue weighted by molar-refractivity contribution is -0.125. The van der Waals surface area contributed by atoms with Crippen LogP contribution < -0.4 is 15.8 Å². The molecule has 136 valence electrons. The van der Waals surface area contributed by atoms with Crippen LogP contribution in [0.15, 0.2) is 54.6 Å². The maximum atomic E-state index is 12.3. The van der Waals surface area contributed by atoms with Crippen LogP contribution in [-0.4, -0.2) is 24.7 Å². The van der Waals surface area contributed by atoms with Crippen molar-refractivity contribution in [3.05, 3.63) is 65.7 Å². The highest BCUT2D eigenvalue weighted by molar-refractivity contribution is 5.85. The Morgan fingerprint density at radius 1 is 1.16 bits per heavy atom. The van der Waals surface area contributed by atoms with Gasteiger partial charge in [0.05, 0.1) is 19.1 Å². The summed E-state index contributed by atoms with van der Waals surface area (Å²) in [5.74, 6) is -0.00847. The van der Waals surface area contributed by atoms with Crippen molar-refractivity contribution in [2.24, 2.45) is 11.7 Å². The fourth-order valence-electron chi connectivity index (χ4n) is 2.54. The number of nitrogens with one attached hydrogen (secondary N) is 1. The zero-order valence-corrected chi connectivity index (χ0v) is 15.2. The number of hydrogen-bond acceptors (Lipinski definition) is 4. The van der Waals surface area contributed by atoms with E-state index in [0.29, 0.717) is 11.3 Å². The van der Waals surface area contributed by atoms with Crippen molar-refractivity contribution >= 4 is 18.3 Å². The second-order valence-corrected chi connectivity index (χ2v) is 5.73. The van der Waals surface area contributed by atoms with Crippen LogP contribution in [0.5, 0.6) is 5.75 Å². The topological polar surface area (TPSA) is 84.6 Å². The molecule has 0 fully saturated rings. The summed E-state index contributed by atoms with van der Waals surface area (Å²) in [6, 6.07) is 16.3. The lowest BCUT2D eigenvalue weighted by Crippen LogP contribution is -2.37. The first-order chi connectivity index (χ1) is 11.5. The minimum atomic E-state index is -0.842. The Kier molecular flexibility index (Phi) is 8.41. The average molecular weight is 365 g/mol. The van der Waals surface area contributed by atoms with Crippen LogP contribution in [0.25, 0.3) is 0 Å². The molecule has 5 nitrogen and oxygen atoms in total. The first-order valence-electron chi connectivity index (χ1n) is 7.93. The maximum Gasteiger partial charge on any atom is 0.224 e. The van der Waals surface area contributed by atoms with Gasteiger partial charge in [0.25, 0.3) is 0 Å². The minimum Gasteiger partial charge on any atom is -0.496 e. The van der Waals surface area contributed by atoms with Crippen LogP contribution in [0.3, 0.4) is 0 Å². The van der Waals surface area contributed by atoms with Crippen LogP contribution in [0.2, 0.25) is 0 Å². The zero-order valence-electron chi connectivity index (χ0n) is 14.4. The molecule has 0 aliphatic heterocycles. The molecule has 2 aromatic rings. The normalized spacial score (nSPS) is 13.9. The summed E-state index contributed by atoms with van der Waals surface area (Å²) >= 11 is 0. The number of ether oxygens (including phenoxy) is 1. The van der Waals surface area contributed by atoms with Gasteiger partial charge in [0.15, 0.2) is 0 Å². The number of nitrogens with two attached hydrogens (primary N) is 1. The van der Waals surface area contributed by atoms with E-state index in [2.05, 4.69) is 5.32 Å². The van der Waals surface area contributed by atoms with Crippen LogP contribution in [0.1, 0.15) is 30.2 Å². The lowest BCUT2D eigenvalue weighted by atomic mass is 9.94. The lowest BCUT2D eigenvalue weighted by Gasteiger charge is -2.21. The van der Waals surface area contributed by atoms with E-state index in [4.69, 9.17) is 10.5 Å². The number of halogens is 1. The summed E-state index contributed by atoms with van der Waals surface area (Å²) in [6.45, 7) is 1.88. The van der Waals surface area contributed by atoms with Crippen molar-refractivity contribution in [2.45, 2.75) is 19.1 Å². The molecule has 6 heteroatoms. The van der Waals surface area contributed by atoms with Gasteiger partial charge in [-0.1, -0.05) is 55.5 Å². The van der Waals surface area contributed by atoms with Crippen molar-refractivity contribution in [1.82, 2.24) is 5.32 Å². The van der Waals surface area contributed by atoms with Gasteiger partial charge >= 0.3 is 0 Å². The molecule has 0 aliphatic carbocycles. The predicted octanol–water partition coefficient (Wildman–Crippen LogP) is 2.60. The monoisotopic (exact) mass is 364 g/mol. The molecule has 2 aromatic carbocycles. The molecule has 0 heterocycles. The molecular weight excluding hydrogens is 340 g/mol. The summed E-state index contributed by atoms with van der Waals surface area (Å²) in [5, 5.41) is 13.1. The fourth-order valence-corrected chi connectivity index (χ4v) is 2.54. The number of hydrogen-bond donors (Lipinski definition) is 3. The number of amides is 1. The van der Waals surface area contributed by atoms with E-state index < -0.39 is 18.1 Å². The number of para-hydroxylation sites is 1. The number of methoxy groups -OCH3 is 1. The van der Waals surface area contributed by atoms with Gasteiger partial charge in [-0.15, -0.1) is 12.4 Å². The van der Waals surface area contributed by atoms with E-state index in [1.165, 1.54) is 0 Å². The van der Waals surface area contributed by atoms with Crippen LogP contribution in [0, 0.1) is 5.92 Å². The van der Waals surface area contributed by atoms with E-state index in [1.54, 1.807) is 26.2 Å². The van der Waals surface area contributed by atoms with Gasteiger partial charge in [0.1, 0.15) is 5.75 Å². The molecule has 0 aromatic heterocycles. The van der Waals surface area contributed by atoms with E-state index >= 15 is 0 Å². The fraction of sp³-hybridized carbons (Fsp3) is 0.316. The molecule has 0 saturated heterocycles. The molecule has 0 spiro atoms. The smallest absolute Gasteiger partial charge is 0.224 e. The third kappa shape index (κ3) is 5.46. The summed E-state index contributed by atoms with van der Waals surface area (Å²) in [7, 11) is 1.55. The number of rotatable bonds is 7. The summed E-state index contributed by atoms with van der Waals surface area (Å²) < 4.78 is 5.22. The molecule has 25 heavy (non-hydrogen) atoms. The minimum absolute atomic E-state index is 0. The van der Waals surface area contributed by atoms with Crippen molar-refractivity contribution in [2.75, 3.05) is 13.7 Å². The molecule has 0 radical (unpaired) electrons. The number of benzene rings is 2. The molecule has 0 saturated carbocycles. The Morgan fingerprint density at radius 3 is 2.40 bits per heavy atom. The van der Waals surface area contributed by atoms with Crippen LogP contribution in [-0.2, 0) is 4.79 Å². The molecule has 0 aliphatic rings. The van der Waals surface area contributed by atoms with Crippen molar-refractivity contribution in [3.63, 3.8) is 0 Å². The summed E-state index contributed by atoms with van der Waals surface area (Å²) in [6.07, 6.45) is -0.842. The first kappa shape index (κ1) is 21.0. The Bertz CT molecular complexity index is 667. The van der Waals surface area contributed by atoms with Crippen molar-refractivity contribution < 1.29 is 14.6 Å². The first-order valence-corrected chi connectivity index (χ1v) is 7.93. The molecule has 2 rings (SSSR count). The molecule has 4 N–H and O–H groups in total. The van der Waals surface area contributed by atoms with Gasteiger partial charge in [-0.2, -0.15) is 0 Å². The van der Waals surface area contributed by atoms with Crippen LogP contribution in [0.4, 0.5) is 0 Å². The van der Waals surface area contributed by atoms with Crippen LogP contribution >= 0.6 is 12.4 Å². The quantitative estimate of drug-likeness (QED) is 0.705. The molecule has 0 bridgehead atoms. The van der Waals surface area contributed by atoms with Gasteiger partial charge in [-0.25, -0.2) is 0 Å². The number of carbonyl (C=O) groups is 1. The van der Waals surface area contributed by atoms with E-state index in [-0.39, 0.29) is 24.9 Å². The number of aliphatic hydroxyl groups excluding tert-OH is 1. The standard InChI is InChI=1S/C19H24N2O3.ClH/c1-13(18(20)14-8-4-3-5-9-14)19(23)21-12-16(22)15-10-6-7-11-17(15)24-2;/h3-11,13,16,18,22H,12,20H2,1-2H3,(H,21,23);1H. The highest BCUT2D eigenvalue weighted by atomic mass is 35.5. The third-order valence-electron chi connectivity index (χ3n) is 4.10. The number of aliphatic hydroxyl groups is 1. The second-order valence-electron chi connectivity index (χ2n) is 5.73. The molecule has 3 atom stereocenters. The highest BCUT2D eigenvalue weighted by Crippen LogP contribution is 2.24. The molecular formula is C19H25ClN2O3. The SMILES string of the molecule is COc1ccccc1C(O)CNC(=O)C(C)C(N)c1ccccc1.Cl. The van der Waals surface area contributed by atoms with Gasteiger partial charge in [-0.3, -0.25) is 4.79 Å². The predicted molar refractivity (Wildman–Crippen MR) is 101 cm³/mol. The highest BCUT2D eigenvalue weighted by Gasteiger charge is 2.23. The Balaban J connectivity index is 0.00000312. The second kappa shape index (κ2) is 10.0. The molecule has 1 amide bonds. The zero-order chi connectivity index (χ0) is 17.5. The number of carbonyl (C=O) groups excluding carboxylic acids is 1.